The first-order valence-electron chi connectivity index (χ1n) is 6.13. The fourth-order valence-electron chi connectivity index (χ4n) is 1.89. The zero-order valence-corrected chi connectivity index (χ0v) is 11.6. The molecule has 1 rings (SSSR count). The average molecular weight is 256 g/mol. The predicted octanol–water partition coefficient (Wildman–Crippen LogP) is 3.54. The summed E-state index contributed by atoms with van der Waals surface area (Å²) in [4.78, 5) is 0. The molecule has 0 heterocycles. The molecule has 0 fully saturated rings. The number of β-amino-alcohol motifs (C(OH)–C–C–N with tert-alkyl or cyclic N) is 1. The largest absolute Gasteiger partial charge is 0.387 e. The van der Waals surface area contributed by atoms with Crippen LogP contribution in [0.4, 0.5) is 0 Å². The Morgan fingerprint density at radius 1 is 1.29 bits per heavy atom. The summed E-state index contributed by atoms with van der Waals surface area (Å²) in [6.07, 6.45) is 1.75. The van der Waals surface area contributed by atoms with Gasteiger partial charge in [-0.15, -0.1) is 0 Å². The molecule has 0 radical (unpaired) electrons. The molecule has 0 aliphatic carbocycles. The summed E-state index contributed by atoms with van der Waals surface area (Å²) in [6, 6.07) is 7.33. The van der Waals surface area contributed by atoms with Crippen LogP contribution in [0.15, 0.2) is 24.3 Å². The van der Waals surface area contributed by atoms with Crippen molar-refractivity contribution in [3.05, 3.63) is 34.9 Å². The highest BCUT2D eigenvalue weighted by molar-refractivity contribution is 6.30. The molecule has 3 heteroatoms. The third-order valence-corrected chi connectivity index (χ3v) is 3.16. The maximum Gasteiger partial charge on any atom is 0.0914 e. The summed E-state index contributed by atoms with van der Waals surface area (Å²) in [5, 5.41) is 14.1. The van der Waals surface area contributed by atoms with Gasteiger partial charge in [-0.2, -0.15) is 0 Å². The molecule has 2 N–H and O–H groups in total. The van der Waals surface area contributed by atoms with Crippen molar-refractivity contribution in [1.29, 1.82) is 0 Å². The molecule has 0 saturated carbocycles. The summed E-state index contributed by atoms with van der Waals surface area (Å²) < 4.78 is 0. The molecule has 1 unspecified atom stereocenters. The van der Waals surface area contributed by atoms with Crippen LogP contribution in [0.25, 0.3) is 0 Å². The van der Waals surface area contributed by atoms with Gasteiger partial charge in [0, 0.05) is 17.1 Å². The zero-order chi connectivity index (χ0) is 12.9. The van der Waals surface area contributed by atoms with Gasteiger partial charge in [-0.1, -0.05) is 37.1 Å². The Morgan fingerprint density at radius 3 is 2.41 bits per heavy atom. The number of halogens is 1. The molecular weight excluding hydrogens is 234 g/mol. The maximum atomic E-state index is 10.0. The number of nitrogens with one attached hydrogen (secondary N) is 1. The minimum absolute atomic E-state index is 0.0716. The van der Waals surface area contributed by atoms with Crippen molar-refractivity contribution in [3.63, 3.8) is 0 Å². The van der Waals surface area contributed by atoms with Gasteiger partial charge in [0.15, 0.2) is 0 Å². The fourth-order valence-corrected chi connectivity index (χ4v) is 2.02. The van der Waals surface area contributed by atoms with Crippen molar-refractivity contribution in [1.82, 2.24) is 5.32 Å². The lowest BCUT2D eigenvalue weighted by molar-refractivity contribution is 0.159. The van der Waals surface area contributed by atoms with Gasteiger partial charge < -0.3 is 10.4 Å². The lowest BCUT2D eigenvalue weighted by Gasteiger charge is -2.27. The van der Waals surface area contributed by atoms with E-state index in [1.54, 1.807) is 12.1 Å². The minimum Gasteiger partial charge on any atom is -0.387 e. The van der Waals surface area contributed by atoms with Crippen molar-refractivity contribution in [2.24, 2.45) is 0 Å². The van der Waals surface area contributed by atoms with Crippen LogP contribution in [0.2, 0.25) is 5.02 Å². The molecule has 1 aromatic rings. The van der Waals surface area contributed by atoms with Gasteiger partial charge in [-0.05, 0) is 38.0 Å². The topological polar surface area (TPSA) is 32.3 Å². The number of hydrogen-bond donors (Lipinski definition) is 2. The monoisotopic (exact) mass is 255 g/mol. The second kappa shape index (κ2) is 6.39. The Labute approximate surface area is 109 Å². The van der Waals surface area contributed by atoms with Crippen molar-refractivity contribution in [2.45, 2.75) is 45.3 Å². The molecule has 17 heavy (non-hydrogen) atoms. The normalized spacial score (nSPS) is 13.7. The number of rotatable bonds is 6. The van der Waals surface area contributed by atoms with Gasteiger partial charge in [0.2, 0.25) is 0 Å². The lowest BCUT2D eigenvalue weighted by Crippen LogP contribution is -2.41. The van der Waals surface area contributed by atoms with E-state index in [4.69, 9.17) is 11.6 Å². The van der Waals surface area contributed by atoms with E-state index in [0.29, 0.717) is 11.6 Å². The Kier molecular flexibility index (Phi) is 5.44. The number of hydrogen-bond acceptors (Lipinski definition) is 2. The standard InChI is InChI=1S/C14H22ClNO/c1-4-9-14(2,3)16-10-13(17)11-5-7-12(15)8-6-11/h5-8,13,16-17H,4,9-10H2,1-3H3. The smallest absolute Gasteiger partial charge is 0.0914 e. The highest BCUT2D eigenvalue weighted by atomic mass is 35.5. The fraction of sp³-hybridized carbons (Fsp3) is 0.571. The molecular formula is C14H22ClNO. The molecule has 0 aliphatic heterocycles. The van der Waals surface area contributed by atoms with Gasteiger partial charge in [-0.3, -0.25) is 0 Å². The highest BCUT2D eigenvalue weighted by Gasteiger charge is 2.17. The number of benzene rings is 1. The van der Waals surface area contributed by atoms with E-state index < -0.39 is 6.10 Å². The van der Waals surface area contributed by atoms with Crippen LogP contribution in [0.1, 0.15) is 45.3 Å². The van der Waals surface area contributed by atoms with Crippen LogP contribution in [0, 0.1) is 0 Å². The number of aliphatic hydroxyl groups excluding tert-OH is 1. The van der Waals surface area contributed by atoms with Gasteiger partial charge in [-0.25, -0.2) is 0 Å². The summed E-state index contributed by atoms with van der Waals surface area (Å²) in [7, 11) is 0. The van der Waals surface area contributed by atoms with Gasteiger partial charge in [0.25, 0.3) is 0 Å². The second-order valence-corrected chi connectivity index (χ2v) is 5.52. The summed E-state index contributed by atoms with van der Waals surface area (Å²) in [5.41, 5.74) is 0.969. The first kappa shape index (κ1) is 14.5. The van der Waals surface area contributed by atoms with E-state index in [-0.39, 0.29) is 5.54 Å². The summed E-state index contributed by atoms with van der Waals surface area (Å²) in [5.74, 6) is 0. The SMILES string of the molecule is CCCC(C)(C)NCC(O)c1ccc(Cl)cc1. The van der Waals surface area contributed by atoms with Crippen molar-refractivity contribution >= 4 is 11.6 Å². The van der Waals surface area contributed by atoms with Crippen molar-refractivity contribution < 1.29 is 5.11 Å². The zero-order valence-electron chi connectivity index (χ0n) is 10.8. The molecule has 1 aromatic carbocycles. The molecule has 96 valence electrons. The van der Waals surface area contributed by atoms with E-state index in [2.05, 4.69) is 26.1 Å². The van der Waals surface area contributed by atoms with Crippen LogP contribution in [0.5, 0.6) is 0 Å². The van der Waals surface area contributed by atoms with Crippen LogP contribution < -0.4 is 5.32 Å². The lowest BCUT2D eigenvalue weighted by atomic mass is 9.98. The molecule has 0 saturated heterocycles. The van der Waals surface area contributed by atoms with Crippen LogP contribution >= 0.6 is 11.6 Å². The quantitative estimate of drug-likeness (QED) is 0.815. The molecule has 0 aromatic heterocycles. The molecule has 0 bridgehead atoms. The Bertz CT molecular complexity index is 335. The first-order chi connectivity index (χ1) is 7.94. The highest BCUT2D eigenvalue weighted by Crippen LogP contribution is 2.17. The Balaban J connectivity index is 2.49. The van der Waals surface area contributed by atoms with Crippen LogP contribution in [-0.2, 0) is 0 Å². The Morgan fingerprint density at radius 2 is 1.88 bits per heavy atom. The second-order valence-electron chi connectivity index (χ2n) is 5.08. The average Bonchev–Trinajstić information content (AvgIpc) is 2.27. The number of aliphatic hydroxyl groups is 1. The van der Waals surface area contributed by atoms with Crippen molar-refractivity contribution in [2.75, 3.05) is 6.54 Å². The van der Waals surface area contributed by atoms with E-state index in [0.717, 1.165) is 18.4 Å². The molecule has 2 nitrogen and oxygen atoms in total. The van der Waals surface area contributed by atoms with E-state index in [9.17, 15) is 5.11 Å². The molecule has 0 amide bonds. The van der Waals surface area contributed by atoms with E-state index in [1.807, 2.05) is 12.1 Å². The van der Waals surface area contributed by atoms with E-state index >= 15 is 0 Å². The summed E-state index contributed by atoms with van der Waals surface area (Å²) >= 11 is 5.81. The van der Waals surface area contributed by atoms with Gasteiger partial charge in [0.1, 0.15) is 0 Å². The maximum absolute atomic E-state index is 10.0. The summed E-state index contributed by atoms with van der Waals surface area (Å²) in [6.45, 7) is 7.05. The predicted molar refractivity (Wildman–Crippen MR) is 73.4 cm³/mol. The third kappa shape index (κ3) is 5.07. The van der Waals surface area contributed by atoms with Crippen LogP contribution in [0.3, 0.4) is 0 Å². The van der Waals surface area contributed by atoms with Gasteiger partial charge >= 0.3 is 0 Å². The Hall–Kier alpha value is -0.570. The van der Waals surface area contributed by atoms with Gasteiger partial charge in [0.05, 0.1) is 6.10 Å². The van der Waals surface area contributed by atoms with E-state index in [1.165, 1.54) is 0 Å². The van der Waals surface area contributed by atoms with Crippen molar-refractivity contribution in [3.8, 4) is 0 Å². The molecule has 0 aliphatic rings. The van der Waals surface area contributed by atoms with Crippen LogP contribution in [-0.4, -0.2) is 17.2 Å². The third-order valence-electron chi connectivity index (χ3n) is 2.90. The molecule has 1 atom stereocenters. The minimum atomic E-state index is -0.483. The molecule has 0 spiro atoms. The first-order valence-corrected chi connectivity index (χ1v) is 6.51.